The highest BCUT2D eigenvalue weighted by Gasteiger charge is 2.54. The van der Waals surface area contributed by atoms with Gasteiger partial charge in [0.05, 0.1) is 31.3 Å². The van der Waals surface area contributed by atoms with E-state index in [-0.39, 0.29) is 11.0 Å². The Morgan fingerprint density at radius 3 is 2.68 bits per heavy atom. The Labute approximate surface area is 165 Å². The molecule has 1 aromatic heterocycles. The van der Waals surface area contributed by atoms with Crippen LogP contribution in [0.5, 0.6) is 5.75 Å². The molecule has 1 aromatic carbocycles. The predicted octanol–water partition coefficient (Wildman–Crippen LogP) is 2.55. The molecule has 1 unspecified atom stereocenters. The molecule has 1 aliphatic heterocycles. The van der Waals surface area contributed by atoms with Crippen LogP contribution >= 0.6 is 0 Å². The van der Waals surface area contributed by atoms with E-state index in [0.29, 0.717) is 24.4 Å². The minimum absolute atomic E-state index is 0.124. The molecule has 1 N–H and O–H groups in total. The van der Waals surface area contributed by atoms with Crippen LogP contribution in [-0.2, 0) is 6.54 Å². The van der Waals surface area contributed by atoms with Crippen molar-refractivity contribution in [3.8, 4) is 17.0 Å². The summed E-state index contributed by atoms with van der Waals surface area (Å²) in [5.74, 6) is 0.686. The number of methoxy groups -OCH3 is 1. The molecule has 28 heavy (non-hydrogen) atoms. The third-order valence-corrected chi connectivity index (χ3v) is 6.72. The van der Waals surface area contributed by atoms with Crippen molar-refractivity contribution in [3.05, 3.63) is 47.0 Å². The van der Waals surface area contributed by atoms with Gasteiger partial charge in [0.15, 0.2) is 0 Å². The van der Waals surface area contributed by atoms with Crippen molar-refractivity contribution in [3.63, 3.8) is 0 Å². The highest BCUT2D eigenvalue weighted by atomic mass is 16.5. The zero-order valence-corrected chi connectivity index (χ0v) is 16.7. The molecule has 6 heteroatoms. The number of aromatic nitrogens is 2. The van der Waals surface area contributed by atoms with Crippen molar-refractivity contribution in [2.45, 2.75) is 44.2 Å². The van der Waals surface area contributed by atoms with Crippen molar-refractivity contribution < 1.29 is 9.84 Å². The molecular weight excluding hydrogens is 354 g/mol. The molecule has 2 fully saturated rings. The molecule has 6 nitrogen and oxygen atoms in total. The van der Waals surface area contributed by atoms with E-state index in [1.54, 1.807) is 18.0 Å². The number of piperidine rings is 1. The standard InChI is InChI=1S/C22H29N3O3/c1-24-12-11-22(27,21(14-24)9-5-6-10-21)15-25-16-23-18(13-20(25)26)17-7-3-4-8-19(17)28-2/h3-4,7-8,13,16,27H,5-6,9-12,14-15H2,1-2H3. The normalized spacial score (nSPS) is 24.5. The van der Waals surface area contributed by atoms with E-state index in [0.717, 1.165) is 44.3 Å². The van der Waals surface area contributed by atoms with Crippen LogP contribution in [0.1, 0.15) is 32.1 Å². The first kappa shape index (κ1) is 19.2. The summed E-state index contributed by atoms with van der Waals surface area (Å²) < 4.78 is 6.96. The third-order valence-electron chi connectivity index (χ3n) is 6.72. The number of hydrogen-bond donors (Lipinski definition) is 1. The second-order valence-electron chi connectivity index (χ2n) is 8.45. The van der Waals surface area contributed by atoms with Gasteiger partial charge in [0.2, 0.25) is 0 Å². The fourth-order valence-corrected chi connectivity index (χ4v) is 5.14. The maximum Gasteiger partial charge on any atom is 0.253 e. The van der Waals surface area contributed by atoms with E-state index >= 15 is 0 Å². The number of nitrogens with zero attached hydrogens (tertiary/aromatic N) is 3. The molecule has 1 saturated carbocycles. The van der Waals surface area contributed by atoms with Crippen molar-refractivity contribution in [1.82, 2.24) is 14.5 Å². The predicted molar refractivity (Wildman–Crippen MR) is 108 cm³/mol. The van der Waals surface area contributed by atoms with Crippen LogP contribution in [0.2, 0.25) is 0 Å². The molecule has 0 amide bonds. The number of hydrogen-bond acceptors (Lipinski definition) is 5. The lowest BCUT2D eigenvalue weighted by Gasteiger charge is -2.51. The molecule has 2 aromatic rings. The molecule has 4 rings (SSSR count). The minimum atomic E-state index is -0.868. The number of aliphatic hydroxyl groups is 1. The molecule has 1 aliphatic carbocycles. The Morgan fingerprint density at radius 1 is 1.21 bits per heavy atom. The van der Waals surface area contributed by atoms with E-state index in [1.165, 1.54) is 6.07 Å². The summed E-state index contributed by atoms with van der Waals surface area (Å²) in [6.45, 7) is 2.05. The average molecular weight is 383 g/mol. The van der Waals surface area contributed by atoms with Crippen LogP contribution in [0.25, 0.3) is 11.3 Å². The van der Waals surface area contributed by atoms with E-state index in [1.807, 2.05) is 24.3 Å². The number of rotatable bonds is 4. The van der Waals surface area contributed by atoms with Crippen LogP contribution < -0.4 is 10.3 Å². The average Bonchev–Trinajstić information content (AvgIpc) is 3.17. The Kier molecular flexibility index (Phi) is 5.02. The first-order valence-electron chi connectivity index (χ1n) is 10.1. The van der Waals surface area contributed by atoms with Gasteiger partial charge in [-0.05, 0) is 38.4 Å². The summed E-state index contributed by atoms with van der Waals surface area (Å²) in [4.78, 5) is 19.7. The Hall–Kier alpha value is -2.18. The Bertz CT molecular complexity index is 904. The zero-order valence-electron chi connectivity index (χ0n) is 16.7. The maximum absolute atomic E-state index is 12.9. The van der Waals surface area contributed by atoms with Crippen LogP contribution in [-0.4, -0.2) is 52.4 Å². The molecule has 2 heterocycles. The Morgan fingerprint density at radius 2 is 1.96 bits per heavy atom. The van der Waals surface area contributed by atoms with Gasteiger partial charge in [0.1, 0.15) is 5.75 Å². The highest BCUT2D eigenvalue weighted by molar-refractivity contribution is 5.66. The first-order chi connectivity index (χ1) is 13.5. The lowest BCUT2D eigenvalue weighted by Crippen LogP contribution is -2.60. The van der Waals surface area contributed by atoms with Crippen LogP contribution in [0.4, 0.5) is 0 Å². The van der Waals surface area contributed by atoms with Gasteiger partial charge in [-0.15, -0.1) is 0 Å². The Balaban J connectivity index is 1.64. The van der Waals surface area contributed by atoms with E-state index in [4.69, 9.17) is 4.74 Å². The second-order valence-corrected chi connectivity index (χ2v) is 8.45. The topological polar surface area (TPSA) is 67.6 Å². The van der Waals surface area contributed by atoms with Gasteiger partial charge in [0, 0.05) is 30.1 Å². The van der Waals surface area contributed by atoms with E-state index < -0.39 is 5.60 Å². The van der Waals surface area contributed by atoms with Crippen LogP contribution in [0.15, 0.2) is 41.5 Å². The van der Waals surface area contributed by atoms with Crippen molar-refractivity contribution in [1.29, 1.82) is 0 Å². The number of likely N-dealkylation sites (tertiary alicyclic amines) is 1. The molecule has 0 radical (unpaired) electrons. The van der Waals surface area contributed by atoms with Gasteiger partial charge in [-0.25, -0.2) is 4.98 Å². The zero-order chi connectivity index (χ0) is 19.8. The lowest BCUT2D eigenvalue weighted by atomic mass is 9.66. The monoisotopic (exact) mass is 383 g/mol. The van der Waals surface area contributed by atoms with Crippen molar-refractivity contribution in [2.75, 3.05) is 27.2 Å². The smallest absolute Gasteiger partial charge is 0.253 e. The summed E-state index contributed by atoms with van der Waals surface area (Å²) in [7, 11) is 3.73. The lowest BCUT2D eigenvalue weighted by molar-refractivity contribution is -0.139. The largest absolute Gasteiger partial charge is 0.496 e. The molecule has 1 atom stereocenters. The van der Waals surface area contributed by atoms with Gasteiger partial charge in [-0.3, -0.25) is 9.36 Å². The highest BCUT2D eigenvalue weighted by Crippen LogP contribution is 2.51. The van der Waals surface area contributed by atoms with Crippen LogP contribution in [0, 0.1) is 5.41 Å². The third kappa shape index (κ3) is 3.25. The van der Waals surface area contributed by atoms with Gasteiger partial charge in [0.25, 0.3) is 5.56 Å². The van der Waals surface area contributed by atoms with Gasteiger partial charge in [-0.2, -0.15) is 0 Å². The summed E-state index contributed by atoms with van der Waals surface area (Å²) in [5.41, 5.74) is 0.245. The molecular formula is C22H29N3O3. The van der Waals surface area contributed by atoms with Crippen molar-refractivity contribution >= 4 is 0 Å². The van der Waals surface area contributed by atoms with Crippen molar-refractivity contribution in [2.24, 2.45) is 5.41 Å². The molecule has 1 spiro atoms. The second kappa shape index (κ2) is 7.33. The fourth-order valence-electron chi connectivity index (χ4n) is 5.14. The quantitative estimate of drug-likeness (QED) is 0.879. The molecule has 150 valence electrons. The molecule has 2 aliphatic rings. The number of ether oxygens (including phenoxy) is 1. The van der Waals surface area contributed by atoms with E-state index in [2.05, 4.69) is 16.9 Å². The fraction of sp³-hybridized carbons (Fsp3) is 0.545. The van der Waals surface area contributed by atoms with Crippen LogP contribution in [0.3, 0.4) is 0 Å². The van der Waals surface area contributed by atoms with Gasteiger partial charge < -0.3 is 14.7 Å². The molecule has 0 bridgehead atoms. The van der Waals surface area contributed by atoms with E-state index in [9.17, 15) is 9.90 Å². The van der Waals surface area contributed by atoms with Gasteiger partial charge in [-0.1, -0.05) is 25.0 Å². The summed E-state index contributed by atoms with van der Waals surface area (Å²) in [6.07, 6.45) is 6.60. The number of para-hydroxylation sites is 1. The SMILES string of the molecule is COc1ccccc1-c1cc(=O)n(CC2(O)CCN(C)CC23CCCC3)cn1. The maximum atomic E-state index is 12.9. The molecule has 1 saturated heterocycles. The summed E-state index contributed by atoms with van der Waals surface area (Å²) in [5, 5.41) is 11.7. The minimum Gasteiger partial charge on any atom is -0.496 e. The first-order valence-corrected chi connectivity index (χ1v) is 10.1. The summed E-state index contributed by atoms with van der Waals surface area (Å²) in [6, 6.07) is 9.07. The summed E-state index contributed by atoms with van der Waals surface area (Å²) >= 11 is 0. The number of benzene rings is 1. The van der Waals surface area contributed by atoms with Gasteiger partial charge >= 0.3 is 0 Å².